The molecule has 0 radical (unpaired) electrons. The minimum Gasteiger partial charge on any atom is -0.378 e. The van der Waals surface area contributed by atoms with Crippen molar-refractivity contribution in [2.75, 3.05) is 26.2 Å². The van der Waals surface area contributed by atoms with Crippen LogP contribution in [-0.2, 0) is 16.0 Å². The summed E-state index contributed by atoms with van der Waals surface area (Å²) in [7, 11) is 0. The fourth-order valence-corrected chi connectivity index (χ4v) is 3.53. The summed E-state index contributed by atoms with van der Waals surface area (Å²) >= 11 is 0. The van der Waals surface area contributed by atoms with Gasteiger partial charge in [-0.3, -0.25) is 4.79 Å². The highest BCUT2D eigenvalue weighted by Crippen LogP contribution is 2.17. The molecule has 2 aliphatic rings. The molecule has 2 saturated heterocycles. The van der Waals surface area contributed by atoms with E-state index >= 15 is 0 Å². The molecule has 2 aliphatic heterocycles. The van der Waals surface area contributed by atoms with Crippen LogP contribution >= 0.6 is 0 Å². The van der Waals surface area contributed by atoms with E-state index in [9.17, 15) is 4.79 Å². The second-order valence-electron chi connectivity index (χ2n) is 6.68. The first-order valence-electron chi connectivity index (χ1n) is 8.98. The van der Waals surface area contributed by atoms with Gasteiger partial charge in [0.15, 0.2) is 0 Å². The van der Waals surface area contributed by atoms with Crippen molar-refractivity contribution < 1.29 is 9.53 Å². The molecular formula is C19H28N2O2. The number of nitrogens with zero attached hydrogens (tertiary/aromatic N) is 1. The predicted molar refractivity (Wildman–Crippen MR) is 91.3 cm³/mol. The second-order valence-corrected chi connectivity index (χ2v) is 6.68. The maximum absolute atomic E-state index is 12.3. The zero-order valence-electron chi connectivity index (χ0n) is 13.9. The monoisotopic (exact) mass is 316 g/mol. The fourth-order valence-electron chi connectivity index (χ4n) is 3.53. The Balaban J connectivity index is 1.32. The number of rotatable bonds is 6. The van der Waals surface area contributed by atoms with Crippen LogP contribution in [-0.4, -0.2) is 49.2 Å². The summed E-state index contributed by atoms with van der Waals surface area (Å²) in [6.07, 6.45) is 6.23. The van der Waals surface area contributed by atoms with E-state index in [0.717, 1.165) is 51.9 Å². The molecule has 2 heterocycles. The van der Waals surface area contributed by atoms with Crippen molar-refractivity contribution in [3.8, 4) is 0 Å². The molecule has 1 amide bonds. The van der Waals surface area contributed by atoms with E-state index in [4.69, 9.17) is 4.74 Å². The normalized spacial score (nSPS) is 22.4. The van der Waals surface area contributed by atoms with Crippen molar-refractivity contribution >= 4 is 5.91 Å². The zero-order chi connectivity index (χ0) is 15.9. The number of piperidine rings is 1. The van der Waals surface area contributed by atoms with Crippen molar-refractivity contribution in [3.05, 3.63) is 35.9 Å². The molecule has 0 bridgehead atoms. The first kappa shape index (κ1) is 16.5. The van der Waals surface area contributed by atoms with Crippen LogP contribution in [0, 0.1) is 0 Å². The van der Waals surface area contributed by atoms with Gasteiger partial charge in [0.05, 0.1) is 12.7 Å². The van der Waals surface area contributed by atoms with Crippen LogP contribution in [0.15, 0.2) is 30.3 Å². The van der Waals surface area contributed by atoms with Crippen molar-refractivity contribution in [3.63, 3.8) is 0 Å². The molecule has 3 rings (SSSR count). The second kappa shape index (κ2) is 8.46. The van der Waals surface area contributed by atoms with E-state index < -0.39 is 0 Å². The van der Waals surface area contributed by atoms with Gasteiger partial charge in [-0.05, 0) is 44.2 Å². The number of carbonyl (C=O) groups is 1. The third-order valence-corrected chi connectivity index (χ3v) is 4.97. The summed E-state index contributed by atoms with van der Waals surface area (Å²) < 4.78 is 6.00. The Morgan fingerprint density at radius 3 is 2.65 bits per heavy atom. The Kier molecular flexibility index (Phi) is 6.06. The topological polar surface area (TPSA) is 41.6 Å². The summed E-state index contributed by atoms with van der Waals surface area (Å²) in [5, 5.41) is 3.41. The zero-order valence-corrected chi connectivity index (χ0v) is 13.9. The smallest absolute Gasteiger partial charge is 0.224 e. The summed E-state index contributed by atoms with van der Waals surface area (Å²) in [4.78, 5) is 14.3. The van der Waals surface area contributed by atoms with Gasteiger partial charge >= 0.3 is 0 Å². The maximum Gasteiger partial charge on any atom is 0.224 e. The first-order chi connectivity index (χ1) is 11.3. The van der Waals surface area contributed by atoms with Crippen molar-refractivity contribution in [2.45, 2.75) is 50.7 Å². The summed E-state index contributed by atoms with van der Waals surface area (Å²) in [6, 6.07) is 10.9. The van der Waals surface area contributed by atoms with Gasteiger partial charge in [0, 0.05) is 25.6 Å². The molecule has 0 aliphatic carbocycles. The highest BCUT2D eigenvalue weighted by molar-refractivity contribution is 5.77. The van der Waals surface area contributed by atoms with Crippen LogP contribution in [0.3, 0.4) is 0 Å². The molecule has 1 N–H and O–H groups in total. The number of nitrogens with one attached hydrogen (secondary N) is 1. The molecule has 0 spiro atoms. The third-order valence-electron chi connectivity index (χ3n) is 4.97. The molecule has 1 atom stereocenters. The van der Waals surface area contributed by atoms with E-state index in [2.05, 4.69) is 29.6 Å². The van der Waals surface area contributed by atoms with Gasteiger partial charge in [0.1, 0.15) is 0 Å². The molecule has 4 heteroatoms. The average molecular weight is 316 g/mol. The maximum atomic E-state index is 12.3. The quantitative estimate of drug-likeness (QED) is 0.876. The van der Waals surface area contributed by atoms with Gasteiger partial charge in [0.2, 0.25) is 5.91 Å². The Labute approximate surface area is 139 Å². The molecule has 1 aromatic rings. The van der Waals surface area contributed by atoms with Crippen LogP contribution in [0.4, 0.5) is 0 Å². The Morgan fingerprint density at radius 1 is 1.17 bits per heavy atom. The van der Waals surface area contributed by atoms with Crippen molar-refractivity contribution in [1.82, 2.24) is 10.2 Å². The van der Waals surface area contributed by atoms with E-state index in [1.165, 1.54) is 12.0 Å². The molecule has 1 aromatic carbocycles. The number of benzene rings is 1. The number of likely N-dealkylation sites (tertiary alicyclic amines) is 1. The predicted octanol–water partition coefficient (Wildman–Crippen LogP) is 2.38. The lowest BCUT2D eigenvalue weighted by Crippen LogP contribution is -2.43. The lowest BCUT2D eigenvalue weighted by Gasteiger charge is -2.32. The largest absolute Gasteiger partial charge is 0.378 e. The summed E-state index contributed by atoms with van der Waals surface area (Å²) in [5.41, 5.74) is 1.32. The Morgan fingerprint density at radius 2 is 1.96 bits per heavy atom. The van der Waals surface area contributed by atoms with E-state index in [-0.39, 0.29) is 0 Å². The van der Waals surface area contributed by atoms with Gasteiger partial charge in [-0.2, -0.15) is 0 Å². The number of carbonyl (C=O) groups excluding carboxylic acids is 1. The van der Waals surface area contributed by atoms with Crippen LogP contribution in [0.25, 0.3) is 0 Å². The average Bonchev–Trinajstić information content (AvgIpc) is 3.09. The van der Waals surface area contributed by atoms with Gasteiger partial charge in [0.25, 0.3) is 0 Å². The van der Waals surface area contributed by atoms with E-state index in [1.807, 2.05) is 11.0 Å². The molecule has 23 heavy (non-hydrogen) atoms. The molecule has 1 unspecified atom stereocenters. The van der Waals surface area contributed by atoms with Crippen LogP contribution in [0.1, 0.15) is 37.7 Å². The molecule has 2 fully saturated rings. The van der Waals surface area contributed by atoms with Gasteiger partial charge < -0.3 is 15.0 Å². The van der Waals surface area contributed by atoms with E-state index in [0.29, 0.717) is 24.5 Å². The first-order valence-corrected chi connectivity index (χ1v) is 8.98. The Bertz CT molecular complexity index is 477. The lowest BCUT2D eigenvalue weighted by atomic mass is 10.1. The van der Waals surface area contributed by atoms with Crippen LogP contribution in [0.2, 0.25) is 0 Å². The lowest BCUT2D eigenvalue weighted by molar-refractivity contribution is -0.134. The molecular weight excluding hydrogens is 288 g/mol. The van der Waals surface area contributed by atoms with Crippen molar-refractivity contribution in [1.29, 1.82) is 0 Å². The third kappa shape index (κ3) is 5.05. The highest BCUT2D eigenvalue weighted by atomic mass is 16.5. The Hall–Kier alpha value is -1.39. The van der Waals surface area contributed by atoms with Crippen LogP contribution < -0.4 is 5.32 Å². The molecule has 126 valence electrons. The van der Waals surface area contributed by atoms with Gasteiger partial charge in [-0.25, -0.2) is 0 Å². The van der Waals surface area contributed by atoms with Gasteiger partial charge in [-0.1, -0.05) is 30.3 Å². The minimum atomic E-state index is 0.312. The summed E-state index contributed by atoms with van der Waals surface area (Å²) in [6.45, 7) is 3.53. The number of ether oxygens (including phenoxy) is 1. The van der Waals surface area contributed by atoms with Gasteiger partial charge in [-0.15, -0.1) is 0 Å². The standard InChI is InChI=1S/C19H28N2O2/c22-19(15-17-7-4-11-20-17)21-12-8-18(9-13-21)23-14-10-16-5-2-1-3-6-16/h1-3,5-6,17-18,20H,4,7-15H2. The highest BCUT2D eigenvalue weighted by Gasteiger charge is 2.26. The van der Waals surface area contributed by atoms with Crippen molar-refractivity contribution in [2.24, 2.45) is 0 Å². The molecule has 0 aromatic heterocycles. The number of hydrogen-bond donors (Lipinski definition) is 1. The fraction of sp³-hybridized carbons (Fsp3) is 0.632. The van der Waals surface area contributed by atoms with E-state index in [1.54, 1.807) is 0 Å². The number of hydrogen-bond acceptors (Lipinski definition) is 3. The van der Waals surface area contributed by atoms with Crippen LogP contribution in [0.5, 0.6) is 0 Å². The number of amides is 1. The molecule has 4 nitrogen and oxygen atoms in total. The summed E-state index contributed by atoms with van der Waals surface area (Å²) in [5.74, 6) is 0.312. The molecule has 0 saturated carbocycles. The minimum absolute atomic E-state index is 0.312. The SMILES string of the molecule is O=C(CC1CCCN1)N1CCC(OCCc2ccccc2)CC1.